The number of imide groups is 1. The van der Waals surface area contributed by atoms with Crippen LogP contribution in [0.15, 0.2) is 12.2 Å². The van der Waals surface area contributed by atoms with Crippen LogP contribution in [0, 0.1) is 23.7 Å². The second-order valence-electron chi connectivity index (χ2n) is 5.98. The maximum Gasteiger partial charge on any atom is 0.233 e. The van der Waals surface area contributed by atoms with Crippen LogP contribution in [-0.2, 0) is 9.59 Å². The summed E-state index contributed by atoms with van der Waals surface area (Å²) in [7, 11) is 4.01. The molecule has 2 aliphatic carbocycles. The molecule has 4 heteroatoms. The van der Waals surface area contributed by atoms with E-state index in [4.69, 9.17) is 0 Å². The Hall–Kier alpha value is -1.16. The molecule has 1 saturated heterocycles. The standard InChI is InChI=1S/C14H20N2O2/c1-15(2)6-3-7-16-13(17)11-9-4-5-10(8-9)12(11)14(16)18/h4-5,9-12H,3,6-8H2,1-2H3/t9-,10+,11-,12-/m0/s1. The van der Waals surface area contributed by atoms with Crippen molar-refractivity contribution in [3.63, 3.8) is 0 Å². The van der Waals surface area contributed by atoms with Gasteiger partial charge in [0.2, 0.25) is 11.8 Å². The molecule has 4 atom stereocenters. The number of fused-ring (bicyclic) bond motifs is 5. The molecule has 0 N–H and O–H groups in total. The summed E-state index contributed by atoms with van der Waals surface area (Å²) >= 11 is 0. The number of hydrogen-bond donors (Lipinski definition) is 0. The lowest BCUT2D eigenvalue weighted by molar-refractivity contribution is -0.140. The van der Waals surface area contributed by atoms with Crippen molar-refractivity contribution in [3.05, 3.63) is 12.2 Å². The monoisotopic (exact) mass is 248 g/mol. The van der Waals surface area contributed by atoms with Gasteiger partial charge in [0.15, 0.2) is 0 Å². The third-order valence-electron chi connectivity index (χ3n) is 4.55. The maximum absolute atomic E-state index is 12.3. The number of nitrogens with zero attached hydrogens (tertiary/aromatic N) is 2. The van der Waals surface area contributed by atoms with Crippen LogP contribution >= 0.6 is 0 Å². The van der Waals surface area contributed by atoms with Gasteiger partial charge >= 0.3 is 0 Å². The Balaban J connectivity index is 1.68. The van der Waals surface area contributed by atoms with Gasteiger partial charge in [0, 0.05) is 6.54 Å². The Labute approximate surface area is 108 Å². The molecule has 0 spiro atoms. The molecular formula is C14H20N2O2. The average molecular weight is 248 g/mol. The van der Waals surface area contributed by atoms with Crippen molar-refractivity contribution in [3.8, 4) is 0 Å². The van der Waals surface area contributed by atoms with Gasteiger partial charge < -0.3 is 4.90 Å². The molecule has 0 unspecified atom stereocenters. The highest BCUT2D eigenvalue weighted by Gasteiger charge is 2.58. The molecule has 1 saturated carbocycles. The van der Waals surface area contributed by atoms with E-state index < -0.39 is 0 Å². The molecule has 0 aromatic heterocycles. The summed E-state index contributed by atoms with van der Waals surface area (Å²) in [6, 6.07) is 0. The van der Waals surface area contributed by atoms with E-state index in [1.165, 1.54) is 4.90 Å². The van der Waals surface area contributed by atoms with Crippen LogP contribution in [0.5, 0.6) is 0 Å². The molecule has 18 heavy (non-hydrogen) atoms. The Kier molecular flexibility index (Phi) is 2.77. The molecule has 1 aliphatic heterocycles. The maximum atomic E-state index is 12.3. The van der Waals surface area contributed by atoms with E-state index in [1.54, 1.807) is 0 Å². The highest BCUT2D eigenvalue weighted by Crippen LogP contribution is 2.52. The van der Waals surface area contributed by atoms with Crippen LogP contribution in [0.1, 0.15) is 12.8 Å². The van der Waals surface area contributed by atoms with Crippen molar-refractivity contribution in [2.75, 3.05) is 27.2 Å². The molecule has 2 bridgehead atoms. The molecule has 0 radical (unpaired) electrons. The van der Waals surface area contributed by atoms with E-state index >= 15 is 0 Å². The third kappa shape index (κ3) is 1.62. The smallest absolute Gasteiger partial charge is 0.233 e. The first-order valence-electron chi connectivity index (χ1n) is 6.78. The number of amides is 2. The fourth-order valence-corrected chi connectivity index (χ4v) is 3.73. The predicted octanol–water partition coefficient (Wildman–Crippen LogP) is 0.745. The lowest BCUT2D eigenvalue weighted by Crippen LogP contribution is -2.35. The van der Waals surface area contributed by atoms with Crippen molar-refractivity contribution in [2.24, 2.45) is 23.7 Å². The van der Waals surface area contributed by atoms with E-state index in [2.05, 4.69) is 17.1 Å². The van der Waals surface area contributed by atoms with E-state index in [0.29, 0.717) is 18.4 Å². The number of rotatable bonds is 4. The summed E-state index contributed by atoms with van der Waals surface area (Å²) in [5.41, 5.74) is 0. The highest BCUT2D eigenvalue weighted by atomic mass is 16.2. The number of allylic oxidation sites excluding steroid dienone is 2. The molecule has 0 aromatic rings. The third-order valence-corrected chi connectivity index (χ3v) is 4.55. The molecule has 98 valence electrons. The largest absolute Gasteiger partial charge is 0.309 e. The first kappa shape index (κ1) is 11.9. The van der Waals surface area contributed by atoms with Gasteiger partial charge in [-0.3, -0.25) is 14.5 Å². The number of carbonyl (C=O) groups excluding carboxylic acids is 2. The first-order chi connectivity index (χ1) is 8.59. The van der Waals surface area contributed by atoms with Gasteiger partial charge in [0.1, 0.15) is 0 Å². The SMILES string of the molecule is CN(C)CCCN1C(=O)[C@@H]2[C@@H](C1=O)[C@H]1C=C[C@@H]2C1. The van der Waals surface area contributed by atoms with E-state index in [-0.39, 0.29) is 23.7 Å². The van der Waals surface area contributed by atoms with Crippen molar-refractivity contribution in [2.45, 2.75) is 12.8 Å². The molecule has 0 aromatic carbocycles. The zero-order chi connectivity index (χ0) is 12.9. The minimum atomic E-state index is -0.0353. The van der Waals surface area contributed by atoms with E-state index in [0.717, 1.165) is 19.4 Å². The lowest BCUT2D eigenvalue weighted by atomic mass is 9.85. The van der Waals surface area contributed by atoms with E-state index in [9.17, 15) is 9.59 Å². The second kappa shape index (κ2) is 4.19. The fraction of sp³-hybridized carbons (Fsp3) is 0.714. The number of likely N-dealkylation sites (tertiary alicyclic amines) is 1. The van der Waals surface area contributed by atoms with Crippen molar-refractivity contribution < 1.29 is 9.59 Å². The lowest BCUT2D eigenvalue weighted by Gasteiger charge is -2.18. The zero-order valence-electron chi connectivity index (χ0n) is 11.0. The van der Waals surface area contributed by atoms with Gasteiger partial charge in [0.25, 0.3) is 0 Å². The van der Waals surface area contributed by atoms with Crippen molar-refractivity contribution in [1.29, 1.82) is 0 Å². The average Bonchev–Trinajstić information content (AvgIpc) is 2.97. The minimum absolute atomic E-state index is 0.0353. The molecule has 2 fully saturated rings. The molecule has 4 nitrogen and oxygen atoms in total. The van der Waals surface area contributed by atoms with Gasteiger partial charge in [-0.2, -0.15) is 0 Å². The highest BCUT2D eigenvalue weighted by molar-refractivity contribution is 6.06. The Morgan fingerprint density at radius 2 is 1.72 bits per heavy atom. The van der Waals surface area contributed by atoms with Gasteiger partial charge in [-0.25, -0.2) is 0 Å². The predicted molar refractivity (Wildman–Crippen MR) is 67.6 cm³/mol. The van der Waals surface area contributed by atoms with Gasteiger partial charge in [0.05, 0.1) is 11.8 Å². The Morgan fingerprint density at radius 1 is 1.17 bits per heavy atom. The van der Waals surface area contributed by atoms with Gasteiger partial charge in [-0.15, -0.1) is 0 Å². The van der Waals surface area contributed by atoms with Crippen LogP contribution in [-0.4, -0.2) is 48.8 Å². The summed E-state index contributed by atoms with van der Waals surface area (Å²) in [5, 5.41) is 0. The Bertz CT molecular complexity index is 386. The topological polar surface area (TPSA) is 40.6 Å². The van der Waals surface area contributed by atoms with Crippen LogP contribution < -0.4 is 0 Å². The normalized spacial score (nSPS) is 37.2. The second-order valence-corrected chi connectivity index (χ2v) is 5.98. The van der Waals surface area contributed by atoms with Crippen LogP contribution in [0.2, 0.25) is 0 Å². The van der Waals surface area contributed by atoms with E-state index in [1.807, 2.05) is 14.1 Å². The van der Waals surface area contributed by atoms with Gasteiger partial charge in [-0.05, 0) is 45.3 Å². The molecule has 3 aliphatic rings. The Morgan fingerprint density at radius 3 is 2.22 bits per heavy atom. The quantitative estimate of drug-likeness (QED) is 0.544. The van der Waals surface area contributed by atoms with Crippen LogP contribution in [0.4, 0.5) is 0 Å². The molecule has 1 heterocycles. The zero-order valence-corrected chi connectivity index (χ0v) is 11.0. The summed E-state index contributed by atoms with van der Waals surface area (Å²) in [4.78, 5) is 28.2. The van der Waals surface area contributed by atoms with Crippen LogP contribution in [0.25, 0.3) is 0 Å². The fourth-order valence-electron chi connectivity index (χ4n) is 3.73. The summed E-state index contributed by atoms with van der Waals surface area (Å²) < 4.78 is 0. The molecule has 3 rings (SSSR count). The first-order valence-corrected chi connectivity index (χ1v) is 6.78. The van der Waals surface area contributed by atoms with Crippen molar-refractivity contribution >= 4 is 11.8 Å². The minimum Gasteiger partial charge on any atom is -0.309 e. The van der Waals surface area contributed by atoms with Crippen LogP contribution in [0.3, 0.4) is 0 Å². The summed E-state index contributed by atoms with van der Waals surface area (Å²) in [6.07, 6.45) is 6.16. The molecular weight excluding hydrogens is 228 g/mol. The summed E-state index contributed by atoms with van der Waals surface area (Å²) in [5.74, 6) is 0.755. The van der Waals surface area contributed by atoms with Gasteiger partial charge in [-0.1, -0.05) is 12.2 Å². The summed E-state index contributed by atoms with van der Waals surface area (Å²) in [6.45, 7) is 1.50. The van der Waals surface area contributed by atoms with Crippen molar-refractivity contribution in [1.82, 2.24) is 9.80 Å². The molecule has 2 amide bonds. The number of hydrogen-bond acceptors (Lipinski definition) is 3. The number of carbonyl (C=O) groups is 2.